The maximum Gasteiger partial charge on any atom is 0.417 e. The predicted molar refractivity (Wildman–Crippen MR) is 84.4 cm³/mol. The Morgan fingerprint density at radius 3 is 2.58 bits per heavy atom. The number of alkyl halides is 3. The zero-order valence-corrected chi connectivity index (χ0v) is 13.9. The molecule has 0 atom stereocenters. The van der Waals surface area contributed by atoms with Gasteiger partial charge in [0.25, 0.3) is 0 Å². The minimum absolute atomic E-state index is 0.0313. The van der Waals surface area contributed by atoms with Gasteiger partial charge in [0.1, 0.15) is 22.7 Å². The zero-order valence-electron chi connectivity index (χ0n) is 13.1. The molecule has 0 saturated carbocycles. The molecule has 136 valence electrons. The lowest BCUT2D eigenvalue weighted by atomic mass is 10.1. The van der Waals surface area contributed by atoms with E-state index in [1.54, 1.807) is 0 Å². The predicted octanol–water partition coefficient (Wildman–Crippen LogP) is 4.29. The Morgan fingerprint density at radius 1 is 1.31 bits per heavy atom. The number of nitrogens with zero attached hydrogens (tertiary/aromatic N) is 2. The van der Waals surface area contributed by atoms with Crippen LogP contribution in [0.5, 0.6) is 0 Å². The van der Waals surface area contributed by atoms with Gasteiger partial charge in [-0.2, -0.15) is 18.4 Å². The number of benzene rings is 1. The number of hydrogen-bond acceptors (Lipinski definition) is 4. The van der Waals surface area contributed by atoms with Crippen molar-refractivity contribution in [2.45, 2.75) is 18.1 Å². The number of nitrogens with one attached hydrogen (secondary N) is 1. The average molecular weight is 387 g/mol. The molecule has 0 radical (unpaired) electrons. The van der Waals surface area contributed by atoms with E-state index in [2.05, 4.69) is 10.3 Å². The van der Waals surface area contributed by atoms with Crippen LogP contribution in [0.2, 0.25) is 0 Å². The third kappa shape index (κ3) is 4.70. The van der Waals surface area contributed by atoms with Gasteiger partial charge in [-0.3, -0.25) is 4.79 Å². The summed E-state index contributed by atoms with van der Waals surface area (Å²) in [5.41, 5.74) is -2.07. The van der Waals surface area contributed by atoms with Crippen molar-refractivity contribution in [3.05, 3.63) is 52.7 Å². The highest BCUT2D eigenvalue weighted by atomic mass is 32.2. The summed E-state index contributed by atoms with van der Waals surface area (Å²) in [5.74, 6) is -2.98. The van der Waals surface area contributed by atoms with Crippen LogP contribution in [0.1, 0.15) is 16.8 Å². The molecule has 1 aromatic heterocycles. The van der Waals surface area contributed by atoms with Gasteiger partial charge in [-0.15, -0.1) is 0 Å². The highest BCUT2D eigenvalue weighted by molar-refractivity contribution is 8.00. The molecule has 0 bridgehead atoms. The van der Waals surface area contributed by atoms with Crippen LogP contribution >= 0.6 is 11.8 Å². The van der Waals surface area contributed by atoms with E-state index < -0.39 is 40.6 Å². The SMILES string of the molecule is Cc1cc(C(F)(F)F)c(C#N)c(SCC(=O)Nc2ccc(F)cc2F)n1. The summed E-state index contributed by atoms with van der Waals surface area (Å²) in [6.45, 7) is 1.33. The standard InChI is InChI=1S/C16H10F5N3OS/c1-8-4-11(16(19,20)21)10(6-22)15(23-8)26-7-14(25)24-13-3-2-9(17)5-12(13)18/h2-5H,7H2,1H3,(H,24,25). The number of pyridine rings is 1. The number of thioether (sulfide) groups is 1. The lowest BCUT2D eigenvalue weighted by Gasteiger charge is -2.12. The second kappa shape index (κ2) is 7.70. The molecular weight excluding hydrogens is 377 g/mol. The van der Waals surface area contributed by atoms with Crippen molar-refractivity contribution in [1.29, 1.82) is 5.26 Å². The number of carbonyl (C=O) groups is 1. The van der Waals surface area contributed by atoms with Crippen LogP contribution in [-0.4, -0.2) is 16.6 Å². The third-order valence-corrected chi connectivity index (χ3v) is 4.05. The van der Waals surface area contributed by atoms with E-state index in [4.69, 9.17) is 5.26 Å². The Balaban J connectivity index is 2.17. The lowest BCUT2D eigenvalue weighted by Crippen LogP contribution is -2.16. The molecule has 0 unspecified atom stereocenters. The molecule has 0 aliphatic rings. The summed E-state index contributed by atoms with van der Waals surface area (Å²) in [6.07, 6.45) is -4.74. The maximum atomic E-state index is 13.5. The van der Waals surface area contributed by atoms with Gasteiger partial charge in [0.2, 0.25) is 5.91 Å². The fraction of sp³-hybridized carbons (Fsp3) is 0.188. The number of hydrogen-bond donors (Lipinski definition) is 1. The van der Waals surface area contributed by atoms with Crippen LogP contribution in [0.3, 0.4) is 0 Å². The highest BCUT2D eigenvalue weighted by Gasteiger charge is 2.35. The molecule has 2 aromatic rings. The summed E-state index contributed by atoms with van der Waals surface area (Å²) in [6, 6.07) is 4.73. The molecule has 1 heterocycles. The second-order valence-corrected chi connectivity index (χ2v) is 6.03. The van der Waals surface area contributed by atoms with Crippen molar-refractivity contribution in [3.8, 4) is 6.07 Å². The van der Waals surface area contributed by atoms with Crippen LogP contribution in [0, 0.1) is 29.9 Å². The number of anilines is 1. The van der Waals surface area contributed by atoms with Gasteiger partial charge in [-0.1, -0.05) is 11.8 Å². The number of rotatable bonds is 4. The first-order chi connectivity index (χ1) is 12.1. The summed E-state index contributed by atoms with van der Waals surface area (Å²) in [5, 5.41) is 10.9. The third-order valence-electron chi connectivity index (χ3n) is 3.08. The molecule has 1 aromatic carbocycles. The van der Waals surface area contributed by atoms with Crippen LogP contribution in [0.4, 0.5) is 27.6 Å². The zero-order chi connectivity index (χ0) is 19.5. The normalized spacial score (nSPS) is 11.1. The second-order valence-electron chi connectivity index (χ2n) is 5.06. The fourth-order valence-corrected chi connectivity index (χ4v) is 2.84. The van der Waals surface area contributed by atoms with Crippen LogP contribution in [0.15, 0.2) is 29.3 Å². The summed E-state index contributed by atoms with van der Waals surface area (Å²) < 4.78 is 65.4. The molecular formula is C16H10F5N3OS. The minimum Gasteiger partial charge on any atom is -0.323 e. The van der Waals surface area contributed by atoms with Gasteiger partial charge in [0, 0.05) is 11.8 Å². The van der Waals surface area contributed by atoms with Crippen molar-refractivity contribution in [1.82, 2.24) is 4.98 Å². The van der Waals surface area contributed by atoms with Gasteiger partial charge < -0.3 is 5.32 Å². The first kappa shape index (κ1) is 19.7. The molecule has 10 heteroatoms. The smallest absolute Gasteiger partial charge is 0.323 e. The molecule has 4 nitrogen and oxygen atoms in total. The topological polar surface area (TPSA) is 65.8 Å². The van der Waals surface area contributed by atoms with Crippen LogP contribution < -0.4 is 5.32 Å². The minimum atomic E-state index is -4.74. The first-order valence-corrected chi connectivity index (χ1v) is 7.97. The van der Waals surface area contributed by atoms with E-state index in [-0.39, 0.29) is 16.4 Å². The van der Waals surface area contributed by atoms with Gasteiger partial charge in [-0.05, 0) is 25.1 Å². The molecule has 1 N–H and O–H groups in total. The summed E-state index contributed by atoms with van der Waals surface area (Å²) in [4.78, 5) is 15.7. The van der Waals surface area contributed by atoms with Crippen LogP contribution in [-0.2, 0) is 11.0 Å². The van der Waals surface area contributed by atoms with Crippen molar-refractivity contribution < 1.29 is 26.7 Å². The Labute approximate surface area is 149 Å². The van der Waals surface area contributed by atoms with Crippen molar-refractivity contribution in [3.63, 3.8) is 0 Å². The Morgan fingerprint density at radius 2 is 2.00 bits per heavy atom. The maximum absolute atomic E-state index is 13.5. The van der Waals surface area contributed by atoms with Gasteiger partial charge in [-0.25, -0.2) is 13.8 Å². The fourth-order valence-electron chi connectivity index (χ4n) is 1.99. The van der Waals surface area contributed by atoms with Crippen molar-refractivity contribution >= 4 is 23.4 Å². The molecule has 0 aliphatic heterocycles. The summed E-state index contributed by atoms with van der Waals surface area (Å²) >= 11 is 0.610. The molecule has 0 saturated heterocycles. The number of aryl methyl sites for hydroxylation is 1. The quantitative estimate of drug-likeness (QED) is 0.628. The molecule has 26 heavy (non-hydrogen) atoms. The van der Waals surface area contributed by atoms with Gasteiger partial charge in [0.15, 0.2) is 0 Å². The molecule has 0 spiro atoms. The monoisotopic (exact) mass is 387 g/mol. The summed E-state index contributed by atoms with van der Waals surface area (Å²) in [7, 11) is 0. The number of aromatic nitrogens is 1. The number of halogens is 5. The molecule has 1 amide bonds. The number of amides is 1. The van der Waals surface area contributed by atoms with Crippen LogP contribution in [0.25, 0.3) is 0 Å². The van der Waals surface area contributed by atoms with E-state index in [9.17, 15) is 26.7 Å². The largest absolute Gasteiger partial charge is 0.417 e. The Bertz CT molecular complexity index is 893. The van der Waals surface area contributed by atoms with E-state index in [1.165, 1.54) is 13.0 Å². The molecule has 0 aliphatic carbocycles. The van der Waals surface area contributed by atoms with E-state index in [0.29, 0.717) is 17.8 Å². The number of nitriles is 1. The first-order valence-electron chi connectivity index (χ1n) is 6.98. The van der Waals surface area contributed by atoms with E-state index in [1.807, 2.05) is 0 Å². The van der Waals surface area contributed by atoms with Gasteiger partial charge in [0.05, 0.1) is 22.6 Å². The lowest BCUT2D eigenvalue weighted by molar-refractivity contribution is -0.138. The van der Waals surface area contributed by atoms with Crippen molar-refractivity contribution in [2.24, 2.45) is 0 Å². The van der Waals surface area contributed by atoms with Crippen molar-refractivity contribution in [2.75, 3.05) is 11.1 Å². The van der Waals surface area contributed by atoms with Gasteiger partial charge >= 0.3 is 6.18 Å². The molecule has 0 fully saturated rings. The molecule has 2 rings (SSSR count). The average Bonchev–Trinajstić information content (AvgIpc) is 2.54. The van der Waals surface area contributed by atoms with E-state index in [0.717, 1.165) is 18.2 Å². The Hall–Kier alpha value is -2.67. The highest BCUT2D eigenvalue weighted by Crippen LogP contribution is 2.35. The van der Waals surface area contributed by atoms with E-state index >= 15 is 0 Å². The Kier molecular flexibility index (Phi) is 5.82. The number of carbonyl (C=O) groups excluding carboxylic acids is 1.